The van der Waals surface area contributed by atoms with Crippen molar-refractivity contribution in [1.29, 1.82) is 0 Å². The Balaban J connectivity index is 2.38. The highest BCUT2D eigenvalue weighted by Crippen LogP contribution is 2.08. The molecule has 48 valence electrons. The van der Waals surface area contributed by atoms with Gasteiger partial charge < -0.3 is 9.15 Å². The average molecular weight is 124 g/mol. The minimum atomic E-state index is 0.527. The van der Waals surface area contributed by atoms with Crippen LogP contribution in [0.2, 0.25) is 0 Å². The summed E-state index contributed by atoms with van der Waals surface area (Å²) >= 11 is 0. The van der Waals surface area contributed by atoms with E-state index in [0.29, 0.717) is 6.61 Å². The van der Waals surface area contributed by atoms with E-state index in [2.05, 4.69) is 6.58 Å². The Morgan fingerprint density at radius 1 is 1.78 bits per heavy atom. The molecule has 2 heteroatoms. The fourth-order valence-corrected chi connectivity index (χ4v) is 0.489. The Morgan fingerprint density at radius 2 is 2.67 bits per heavy atom. The summed E-state index contributed by atoms with van der Waals surface area (Å²) in [7, 11) is 0. The molecule has 0 saturated heterocycles. The molecule has 0 N–H and O–H groups in total. The molecule has 9 heavy (non-hydrogen) atoms. The number of hydrogen-bond acceptors (Lipinski definition) is 2. The van der Waals surface area contributed by atoms with Gasteiger partial charge >= 0.3 is 0 Å². The van der Waals surface area contributed by atoms with Crippen LogP contribution in [0.15, 0.2) is 35.7 Å². The van der Waals surface area contributed by atoms with Crippen LogP contribution >= 0.6 is 0 Å². The molecule has 1 aromatic rings. The number of furan rings is 1. The van der Waals surface area contributed by atoms with Crippen LogP contribution < -0.4 is 4.74 Å². The van der Waals surface area contributed by atoms with Crippen molar-refractivity contribution >= 4 is 0 Å². The summed E-state index contributed by atoms with van der Waals surface area (Å²) in [5.74, 6) is 0.745. The summed E-state index contributed by atoms with van der Waals surface area (Å²) in [4.78, 5) is 0. The van der Waals surface area contributed by atoms with Gasteiger partial charge in [0, 0.05) is 6.07 Å². The summed E-state index contributed by atoms with van der Waals surface area (Å²) in [6.07, 6.45) is 4.80. The zero-order valence-corrected chi connectivity index (χ0v) is 5.04. The molecular formula is C7H8O2. The normalized spacial score (nSPS) is 8.89. The van der Waals surface area contributed by atoms with Crippen LogP contribution in [0, 0.1) is 0 Å². The summed E-state index contributed by atoms with van der Waals surface area (Å²) in [6.45, 7) is 4.03. The van der Waals surface area contributed by atoms with Crippen molar-refractivity contribution in [1.82, 2.24) is 0 Å². The van der Waals surface area contributed by atoms with E-state index in [9.17, 15) is 0 Å². The molecule has 1 rings (SSSR count). The molecule has 0 saturated carbocycles. The molecule has 1 aromatic heterocycles. The standard InChI is InChI=1S/C7H8O2/c1-2-4-9-7-3-5-8-6-7/h2-3,5-6H,1,4H2. The van der Waals surface area contributed by atoms with Gasteiger partial charge in [-0.15, -0.1) is 0 Å². The molecule has 0 spiro atoms. The lowest BCUT2D eigenvalue weighted by atomic mass is 10.6. The van der Waals surface area contributed by atoms with E-state index in [4.69, 9.17) is 9.15 Å². The van der Waals surface area contributed by atoms with Crippen LogP contribution in [0.3, 0.4) is 0 Å². The highest BCUT2D eigenvalue weighted by Gasteiger charge is 1.88. The van der Waals surface area contributed by atoms with E-state index in [-0.39, 0.29) is 0 Å². The van der Waals surface area contributed by atoms with Gasteiger partial charge in [-0.3, -0.25) is 0 Å². The molecule has 1 heterocycles. The zero-order valence-electron chi connectivity index (χ0n) is 5.04. The topological polar surface area (TPSA) is 22.4 Å². The lowest BCUT2D eigenvalue weighted by Gasteiger charge is -1.94. The third-order valence-corrected chi connectivity index (χ3v) is 0.863. The molecule has 0 atom stereocenters. The fourth-order valence-electron chi connectivity index (χ4n) is 0.489. The molecule has 0 aromatic carbocycles. The molecule has 0 amide bonds. The number of hydrogen-bond donors (Lipinski definition) is 0. The smallest absolute Gasteiger partial charge is 0.157 e. The quantitative estimate of drug-likeness (QED) is 0.573. The Kier molecular flexibility index (Phi) is 1.96. The van der Waals surface area contributed by atoms with Gasteiger partial charge in [-0.25, -0.2) is 0 Å². The second-order valence-electron chi connectivity index (χ2n) is 1.56. The van der Waals surface area contributed by atoms with E-state index in [1.165, 1.54) is 0 Å². The van der Waals surface area contributed by atoms with Crippen LogP contribution in [-0.4, -0.2) is 6.61 Å². The third-order valence-electron chi connectivity index (χ3n) is 0.863. The van der Waals surface area contributed by atoms with Crippen LogP contribution in [-0.2, 0) is 0 Å². The van der Waals surface area contributed by atoms with Crippen LogP contribution in [0.25, 0.3) is 0 Å². The molecule has 0 aliphatic carbocycles. The average Bonchev–Trinajstić information content (AvgIpc) is 2.34. The van der Waals surface area contributed by atoms with Gasteiger partial charge in [0.05, 0.1) is 6.26 Å². The first kappa shape index (κ1) is 5.95. The Hall–Kier alpha value is -1.18. The lowest BCUT2D eigenvalue weighted by molar-refractivity contribution is 0.357. The highest BCUT2D eigenvalue weighted by atomic mass is 16.5. The predicted octanol–water partition coefficient (Wildman–Crippen LogP) is 1.84. The fraction of sp³-hybridized carbons (Fsp3) is 0.143. The molecule has 0 bridgehead atoms. The molecule has 0 aliphatic heterocycles. The van der Waals surface area contributed by atoms with Crippen molar-refractivity contribution in [3.05, 3.63) is 31.2 Å². The van der Waals surface area contributed by atoms with Crippen molar-refractivity contribution in [3.8, 4) is 5.75 Å². The maximum Gasteiger partial charge on any atom is 0.157 e. The maximum atomic E-state index is 5.08. The summed E-state index contributed by atoms with van der Waals surface area (Å²) < 4.78 is 9.84. The molecular weight excluding hydrogens is 116 g/mol. The minimum Gasteiger partial charge on any atom is -0.486 e. The van der Waals surface area contributed by atoms with Gasteiger partial charge in [-0.1, -0.05) is 12.7 Å². The second-order valence-corrected chi connectivity index (χ2v) is 1.56. The molecule has 0 aliphatic rings. The SMILES string of the molecule is C=CCOc1ccoc1. The monoisotopic (exact) mass is 124 g/mol. The Morgan fingerprint density at radius 3 is 3.22 bits per heavy atom. The second kappa shape index (κ2) is 2.97. The number of rotatable bonds is 3. The van der Waals surface area contributed by atoms with Crippen molar-refractivity contribution in [3.63, 3.8) is 0 Å². The molecule has 0 unspecified atom stereocenters. The van der Waals surface area contributed by atoms with E-state index in [1.54, 1.807) is 24.7 Å². The van der Waals surface area contributed by atoms with Gasteiger partial charge in [0.1, 0.15) is 12.9 Å². The minimum absolute atomic E-state index is 0.527. The van der Waals surface area contributed by atoms with Crippen LogP contribution in [0.1, 0.15) is 0 Å². The van der Waals surface area contributed by atoms with E-state index in [1.807, 2.05) is 0 Å². The van der Waals surface area contributed by atoms with E-state index < -0.39 is 0 Å². The van der Waals surface area contributed by atoms with Gasteiger partial charge in [-0.2, -0.15) is 0 Å². The van der Waals surface area contributed by atoms with Crippen LogP contribution in [0.4, 0.5) is 0 Å². The van der Waals surface area contributed by atoms with Gasteiger partial charge in [-0.05, 0) is 0 Å². The Labute approximate surface area is 53.7 Å². The first-order valence-electron chi connectivity index (χ1n) is 2.69. The van der Waals surface area contributed by atoms with Crippen molar-refractivity contribution < 1.29 is 9.15 Å². The first-order chi connectivity index (χ1) is 4.43. The summed E-state index contributed by atoms with van der Waals surface area (Å²) in [5, 5.41) is 0. The Bertz CT molecular complexity index is 165. The van der Waals surface area contributed by atoms with Crippen LogP contribution in [0.5, 0.6) is 5.75 Å². The summed E-state index contributed by atoms with van der Waals surface area (Å²) in [6, 6.07) is 1.75. The van der Waals surface area contributed by atoms with Crippen molar-refractivity contribution in [2.75, 3.05) is 6.61 Å². The largest absolute Gasteiger partial charge is 0.486 e. The third kappa shape index (κ3) is 1.64. The summed E-state index contributed by atoms with van der Waals surface area (Å²) in [5.41, 5.74) is 0. The molecule has 0 radical (unpaired) electrons. The molecule has 0 fully saturated rings. The highest BCUT2D eigenvalue weighted by molar-refractivity contribution is 5.12. The lowest BCUT2D eigenvalue weighted by Crippen LogP contribution is -1.89. The maximum absolute atomic E-state index is 5.08. The zero-order chi connectivity index (χ0) is 6.53. The van der Waals surface area contributed by atoms with Gasteiger partial charge in [0.2, 0.25) is 0 Å². The number of ether oxygens (including phenoxy) is 1. The van der Waals surface area contributed by atoms with Crippen molar-refractivity contribution in [2.45, 2.75) is 0 Å². The van der Waals surface area contributed by atoms with E-state index >= 15 is 0 Å². The predicted molar refractivity (Wildman–Crippen MR) is 34.4 cm³/mol. The van der Waals surface area contributed by atoms with Gasteiger partial charge in [0.25, 0.3) is 0 Å². The van der Waals surface area contributed by atoms with Gasteiger partial charge in [0.15, 0.2) is 5.75 Å². The first-order valence-corrected chi connectivity index (χ1v) is 2.69. The van der Waals surface area contributed by atoms with Crippen molar-refractivity contribution in [2.24, 2.45) is 0 Å². The molecule has 2 nitrogen and oxygen atoms in total. The van der Waals surface area contributed by atoms with E-state index in [0.717, 1.165) is 5.75 Å².